The molecule has 0 radical (unpaired) electrons. The fraction of sp³-hybridized carbons (Fsp3) is 0.909. The fourth-order valence-corrected chi connectivity index (χ4v) is 2.18. The van der Waals surface area contributed by atoms with Gasteiger partial charge in [-0.05, 0) is 45.7 Å². The van der Waals surface area contributed by atoms with E-state index < -0.39 is 0 Å². The van der Waals surface area contributed by atoms with Crippen molar-refractivity contribution in [1.29, 1.82) is 5.26 Å². The minimum absolute atomic E-state index is 0.328. The van der Waals surface area contributed by atoms with Crippen LogP contribution in [0.3, 0.4) is 0 Å². The minimum Gasteiger partial charge on any atom is -0.300 e. The van der Waals surface area contributed by atoms with Crippen molar-refractivity contribution in [3.05, 3.63) is 0 Å². The third kappa shape index (κ3) is 2.46. The first-order valence-electron chi connectivity index (χ1n) is 5.63. The Morgan fingerprint density at radius 1 is 1.43 bits per heavy atom. The smallest absolute Gasteiger partial charge is 0.116 e. The van der Waals surface area contributed by atoms with Crippen LogP contribution in [0, 0.1) is 11.3 Å². The molecule has 2 aliphatic rings. The zero-order valence-corrected chi connectivity index (χ0v) is 8.92. The molecule has 78 valence electrons. The Morgan fingerprint density at radius 3 is 2.57 bits per heavy atom. The van der Waals surface area contributed by atoms with Crippen molar-refractivity contribution in [2.24, 2.45) is 0 Å². The summed E-state index contributed by atoms with van der Waals surface area (Å²) in [6.45, 7) is 5.26. The van der Waals surface area contributed by atoms with E-state index in [1.807, 2.05) is 6.92 Å². The summed E-state index contributed by atoms with van der Waals surface area (Å²) >= 11 is 0. The summed E-state index contributed by atoms with van der Waals surface area (Å²) in [7, 11) is 0. The molecule has 1 atom stereocenters. The normalized spacial score (nSPS) is 27.1. The molecule has 2 fully saturated rings. The highest BCUT2D eigenvalue weighted by atomic mass is 15.2. The maximum Gasteiger partial charge on any atom is 0.116 e. The van der Waals surface area contributed by atoms with Gasteiger partial charge in [0, 0.05) is 12.6 Å². The van der Waals surface area contributed by atoms with E-state index >= 15 is 0 Å². The molecule has 1 saturated heterocycles. The van der Waals surface area contributed by atoms with E-state index in [0.717, 1.165) is 6.54 Å². The van der Waals surface area contributed by atoms with Gasteiger partial charge in [0.25, 0.3) is 0 Å². The number of hydrogen-bond donors (Lipinski definition) is 1. The van der Waals surface area contributed by atoms with Crippen molar-refractivity contribution in [2.75, 3.05) is 19.6 Å². The lowest BCUT2D eigenvalue weighted by Crippen LogP contribution is -2.50. The molecule has 2 rings (SSSR count). The minimum atomic E-state index is -0.328. The van der Waals surface area contributed by atoms with E-state index in [9.17, 15) is 5.26 Å². The van der Waals surface area contributed by atoms with Crippen molar-refractivity contribution in [3.8, 4) is 6.07 Å². The average molecular weight is 193 g/mol. The van der Waals surface area contributed by atoms with Crippen LogP contribution in [-0.2, 0) is 0 Å². The summed E-state index contributed by atoms with van der Waals surface area (Å²) in [6, 6.07) is 3.04. The van der Waals surface area contributed by atoms with E-state index in [1.54, 1.807) is 0 Å². The Labute approximate surface area is 86.1 Å². The molecule has 0 aromatic rings. The van der Waals surface area contributed by atoms with Crippen molar-refractivity contribution >= 4 is 0 Å². The van der Waals surface area contributed by atoms with Gasteiger partial charge in [-0.25, -0.2) is 0 Å². The van der Waals surface area contributed by atoms with E-state index in [0.29, 0.717) is 6.04 Å². The van der Waals surface area contributed by atoms with E-state index in [-0.39, 0.29) is 5.54 Å². The molecule has 0 aromatic heterocycles. The lowest BCUT2D eigenvalue weighted by molar-refractivity contribution is 0.259. The number of rotatable bonds is 4. The van der Waals surface area contributed by atoms with Crippen LogP contribution in [0.25, 0.3) is 0 Å². The predicted octanol–water partition coefficient (Wildman–Crippen LogP) is 1.12. The number of hydrogen-bond acceptors (Lipinski definition) is 3. The lowest BCUT2D eigenvalue weighted by atomic mass is 10.0. The van der Waals surface area contributed by atoms with Gasteiger partial charge < -0.3 is 4.90 Å². The van der Waals surface area contributed by atoms with Crippen LogP contribution in [0.15, 0.2) is 0 Å². The van der Waals surface area contributed by atoms with Crippen LogP contribution < -0.4 is 5.32 Å². The lowest BCUT2D eigenvalue weighted by Gasteiger charge is -2.28. The predicted molar refractivity (Wildman–Crippen MR) is 55.8 cm³/mol. The van der Waals surface area contributed by atoms with E-state index in [4.69, 9.17) is 0 Å². The van der Waals surface area contributed by atoms with Crippen LogP contribution in [0.5, 0.6) is 0 Å². The first-order chi connectivity index (χ1) is 6.72. The number of nitrogens with zero attached hydrogens (tertiary/aromatic N) is 2. The highest BCUT2D eigenvalue weighted by molar-refractivity contribution is 5.09. The van der Waals surface area contributed by atoms with Gasteiger partial charge in [-0.15, -0.1) is 0 Å². The highest BCUT2D eigenvalue weighted by Gasteiger charge is 2.34. The largest absolute Gasteiger partial charge is 0.300 e. The summed E-state index contributed by atoms with van der Waals surface area (Å²) in [5.41, 5.74) is -0.328. The number of likely N-dealkylation sites (tertiary alicyclic amines) is 1. The second-order valence-corrected chi connectivity index (χ2v) is 4.85. The summed E-state index contributed by atoms with van der Waals surface area (Å²) in [5.74, 6) is 0. The average Bonchev–Trinajstić information content (AvgIpc) is 2.81. The monoisotopic (exact) mass is 193 g/mol. The summed E-state index contributed by atoms with van der Waals surface area (Å²) in [5, 5.41) is 12.6. The molecule has 0 amide bonds. The molecule has 1 heterocycles. The van der Waals surface area contributed by atoms with Crippen molar-refractivity contribution in [2.45, 2.75) is 44.2 Å². The van der Waals surface area contributed by atoms with Gasteiger partial charge in [0.15, 0.2) is 0 Å². The van der Waals surface area contributed by atoms with Crippen LogP contribution in [-0.4, -0.2) is 36.1 Å². The van der Waals surface area contributed by atoms with Crippen LogP contribution in [0.2, 0.25) is 0 Å². The van der Waals surface area contributed by atoms with Crippen molar-refractivity contribution in [3.63, 3.8) is 0 Å². The Bertz CT molecular complexity index is 235. The first-order valence-corrected chi connectivity index (χ1v) is 5.63. The molecule has 3 heteroatoms. The Morgan fingerprint density at radius 2 is 2.07 bits per heavy atom. The van der Waals surface area contributed by atoms with Crippen LogP contribution >= 0.6 is 0 Å². The van der Waals surface area contributed by atoms with Gasteiger partial charge in [0.05, 0.1) is 6.07 Å². The second kappa shape index (κ2) is 3.88. The molecule has 3 nitrogen and oxygen atoms in total. The Hall–Kier alpha value is -0.590. The Balaban J connectivity index is 1.86. The van der Waals surface area contributed by atoms with E-state index in [2.05, 4.69) is 16.3 Å². The summed E-state index contributed by atoms with van der Waals surface area (Å²) < 4.78 is 0. The zero-order valence-electron chi connectivity index (χ0n) is 8.92. The van der Waals surface area contributed by atoms with Crippen molar-refractivity contribution < 1.29 is 0 Å². The molecule has 0 aromatic carbocycles. The Kier molecular flexibility index (Phi) is 2.76. The van der Waals surface area contributed by atoms with Crippen LogP contribution in [0.1, 0.15) is 32.6 Å². The molecule has 14 heavy (non-hydrogen) atoms. The third-order valence-electron chi connectivity index (χ3n) is 3.09. The molecule has 0 spiro atoms. The summed E-state index contributed by atoms with van der Waals surface area (Å²) in [4.78, 5) is 2.40. The highest BCUT2D eigenvalue weighted by Crippen LogP contribution is 2.23. The van der Waals surface area contributed by atoms with E-state index in [1.165, 1.54) is 38.8 Å². The van der Waals surface area contributed by atoms with Gasteiger partial charge in [0.2, 0.25) is 0 Å². The third-order valence-corrected chi connectivity index (χ3v) is 3.09. The van der Waals surface area contributed by atoms with Gasteiger partial charge >= 0.3 is 0 Å². The topological polar surface area (TPSA) is 39.1 Å². The van der Waals surface area contributed by atoms with Gasteiger partial charge in [-0.2, -0.15) is 5.26 Å². The summed E-state index contributed by atoms with van der Waals surface area (Å²) in [6.07, 6.45) is 5.09. The molecule has 1 unspecified atom stereocenters. The van der Waals surface area contributed by atoms with Gasteiger partial charge in [-0.3, -0.25) is 5.32 Å². The molecular formula is C11H19N3. The van der Waals surface area contributed by atoms with Gasteiger partial charge in [-0.1, -0.05) is 0 Å². The fourth-order valence-electron chi connectivity index (χ4n) is 2.18. The molecular weight excluding hydrogens is 174 g/mol. The molecule has 1 aliphatic heterocycles. The second-order valence-electron chi connectivity index (χ2n) is 4.85. The molecule has 1 saturated carbocycles. The number of nitrogens with one attached hydrogen (secondary N) is 1. The quantitative estimate of drug-likeness (QED) is 0.727. The van der Waals surface area contributed by atoms with Crippen LogP contribution in [0.4, 0.5) is 0 Å². The SMILES string of the molecule is CC(C#N)(CN1CCCC1)NC1CC1. The maximum atomic E-state index is 9.18. The zero-order chi connectivity index (χ0) is 10.0. The van der Waals surface area contributed by atoms with Crippen molar-refractivity contribution in [1.82, 2.24) is 10.2 Å². The molecule has 1 aliphatic carbocycles. The number of nitriles is 1. The van der Waals surface area contributed by atoms with Gasteiger partial charge in [0.1, 0.15) is 5.54 Å². The molecule has 0 bridgehead atoms. The molecule has 1 N–H and O–H groups in total. The maximum absolute atomic E-state index is 9.18. The first kappa shape index (κ1) is 9.95. The standard InChI is InChI=1S/C11H19N3/c1-11(8-12,13-10-4-5-10)9-14-6-2-3-7-14/h10,13H,2-7,9H2,1H3.